The van der Waals surface area contributed by atoms with Crippen molar-refractivity contribution in [2.24, 2.45) is 0 Å². The number of aromatic nitrogens is 1. The lowest BCUT2D eigenvalue weighted by molar-refractivity contribution is -0.137. The van der Waals surface area contributed by atoms with Crippen molar-refractivity contribution in [3.8, 4) is 0 Å². The highest BCUT2D eigenvalue weighted by Crippen LogP contribution is 2.32. The molecule has 0 aliphatic carbocycles. The Morgan fingerprint density at radius 2 is 2.18 bits per heavy atom. The van der Waals surface area contributed by atoms with Crippen LogP contribution in [0.15, 0.2) is 6.20 Å². The van der Waals surface area contributed by atoms with Crippen LogP contribution in [0, 0.1) is 6.92 Å². The highest BCUT2D eigenvalue weighted by molar-refractivity contribution is 7.11. The van der Waals surface area contributed by atoms with E-state index in [1.807, 2.05) is 0 Å². The van der Waals surface area contributed by atoms with Crippen LogP contribution < -0.4 is 0 Å². The fraction of sp³-hybridized carbons (Fsp3) is 0.333. The minimum Gasteiger partial charge on any atom is -0.240 e. The van der Waals surface area contributed by atoms with Crippen LogP contribution in [0.5, 0.6) is 0 Å². The summed E-state index contributed by atoms with van der Waals surface area (Å²) in [5.41, 5.74) is 0. The van der Waals surface area contributed by atoms with E-state index < -0.39 is 11.2 Å². The second-order valence-corrected chi connectivity index (χ2v) is 2.99. The molecule has 0 spiro atoms. The summed E-state index contributed by atoms with van der Waals surface area (Å²) in [7, 11) is 0. The van der Waals surface area contributed by atoms with Gasteiger partial charge in [0.15, 0.2) is 5.01 Å². The maximum atomic E-state index is 11.9. The van der Waals surface area contributed by atoms with Gasteiger partial charge in [0.1, 0.15) is 0 Å². The van der Waals surface area contributed by atoms with Crippen LogP contribution in [-0.2, 0) is 12.6 Å². The Morgan fingerprint density at radius 3 is 2.45 bits per heavy atom. The molecule has 0 saturated heterocycles. The molecule has 1 heterocycles. The predicted octanol–water partition coefficient (Wildman–Crippen LogP) is 2.54. The number of hydrogen-bond donors (Lipinski definition) is 0. The van der Waals surface area contributed by atoms with Gasteiger partial charge in [-0.2, -0.15) is 13.2 Å². The molecule has 1 aromatic rings. The smallest absolute Gasteiger partial charge is 0.240 e. The quantitative estimate of drug-likeness (QED) is 0.647. The maximum Gasteiger partial charge on any atom is 0.443 e. The van der Waals surface area contributed by atoms with Crippen LogP contribution in [0.1, 0.15) is 9.88 Å². The highest BCUT2D eigenvalue weighted by atomic mass is 32.1. The summed E-state index contributed by atoms with van der Waals surface area (Å²) in [5.74, 6) is 0. The molecule has 0 aliphatic heterocycles. The Morgan fingerprint density at radius 1 is 1.55 bits per heavy atom. The summed E-state index contributed by atoms with van der Waals surface area (Å²) in [6.45, 7) is 3.45. The van der Waals surface area contributed by atoms with E-state index in [-0.39, 0.29) is 0 Å². The first kappa shape index (κ1) is 8.52. The van der Waals surface area contributed by atoms with Crippen molar-refractivity contribution in [3.63, 3.8) is 0 Å². The molecule has 0 aromatic carbocycles. The van der Waals surface area contributed by atoms with Crippen molar-refractivity contribution in [1.29, 1.82) is 0 Å². The molecular formula is C6H5F3NS. The molecule has 0 bridgehead atoms. The standard InChI is InChI=1S/C6H5F3NS/c1-2-4-3-10-5(11-4)6(7,8)9/h3H,1-2H2. The number of nitrogens with zero attached hydrogens (tertiary/aromatic N) is 1. The third-order valence-electron chi connectivity index (χ3n) is 1.04. The average Bonchev–Trinajstić information content (AvgIpc) is 2.32. The molecule has 11 heavy (non-hydrogen) atoms. The molecule has 0 unspecified atom stereocenters. The van der Waals surface area contributed by atoms with E-state index in [1.54, 1.807) is 0 Å². The fourth-order valence-corrected chi connectivity index (χ4v) is 1.23. The van der Waals surface area contributed by atoms with Crippen LogP contribution in [0.2, 0.25) is 0 Å². The summed E-state index contributed by atoms with van der Waals surface area (Å²) < 4.78 is 35.6. The van der Waals surface area contributed by atoms with E-state index in [4.69, 9.17) is 0 Å². The SMILES string of the molecule is [CH2]Cc1cnc(C(F)(F)F)s1. The number of alkyl halides is 3. The molecule has 1 aromatic heterocycles. The first-order chi connectivity index (χ1) is 5.04. The lowest BCUT2D eigenvalue weighted by Crippen LogP contribution is -2.02. The van der Waals surface area contributed by atoms with Crippen molar-refractivity contribution >= 4 is 11.3 Å². The number of hydrogen-bond acceptors (Lipinski definition) is 2. The van der Waals surface area contributed by atoms with Crippen molar-refractivity contribution in [3.05, 3.63) is 23.0 Å². The van der Waals surface area contributed by atoms with Crippen molar-refractivity contribution in [1.82, 2.24) is 4.98 Å². The molecule has 0 atom stereocenters. The molecule has 0 N–H and O–H groups in total. The summed E-state index contributed by atoms with van der Waals surface area (Å²) >= 11 is 0.641. The minimum atomic E-state index is -4.31. The summed E-state index contributed by atoms with van der Waals surface area (Å²) in [6, 6.07) is 0. The molecule has 0 aliphatic rings. The van der Waals surface area contributed by atoms with Gasteiger partial charge < -0.3 is 0 Å². The van der Waals surface area contributed by atoms with Crippen LogP contribution >= 0.6 is 11.3 Å². The zero-order chi connectivity index (χ0) is 8.48. The van der Waals surface area contributed by atoms with E-state index in [9.17, 15) is 13.2 Å². The Kier molecular flexibility index (Phi) is 2.17. The van der Waals surface area contributed by atoms with Gasteiger partial charge in [-0.3, -0.25) is 0 Å². The largest absolute Gasteiger partial charge is 0.443 e. The second-order valence-electron chi connectivity index (χ2n) is 1.88. The lowest BCUT2D eigenvalue weighted by atomic mass is 10.4. The van der Waals surface area contributed by atoms with Gasteiger partial charge in [-0.05, 0) is 13.3 Å². The fourth-order valence-electron chi connectivity index (χ4n) is 0.554. The van der Waals surface area contributed by atoms with Gasteiger partial charge >= 0.3 is 6.18 Å². The van der Waals surface area contributed by atoms with Gasteiger partial charge in [0.05, 0.1) is 0 Å². The molecule has 5 heteroatoms. The third kappa shape index (κ3) is 1.92. The topological polar surface area (TPSA) is 12.9 Å². The van der Waals surface area contributed by atoms with E-state index in [2.05, 4.69) is 11.9 Å². The molecular weight excluding hydrogens is 175 g/mol. The summed E-state index contributed by atoms with van der Waals surface area (Å²) in [5, 5.41) is -0.795. The number of rotatable bonds is 1. The molecule has 0 fully saturated rings. The molecule has 1 radical (unpaired) electrons. The molecule has 1 nitrogen and oxygen atoms in total. The Labute approximate surface area is 65.9 Å². The number of halogens is 3. The zero-order valence-corrected chi connectivity index (χ0v) is 6.30. The van der Waals surface area contributed by atoms with E-state index in [0.717, 1.165) is 0 Å². The predicted molar refractivity (Wildman–Crippen MR) is 36.2 cm³/mol. The Hall–Kier alpha value is -0.580. The zero-order valence-electron chi connectivity index (χ0n) is 5.48. The van der Waals surface area contributed by atoms with E-state index >= 15 is 0 Å². The minimum absolute atomic E-state index is 0.355. The van der Waals surface area contributed by atoms with Crippen LogP contribution in [-0.4, -0.2) is 4.98 Å². The third-order valence-corrected chi connectivity index (χ3v) is 2.14. The Balaban J connectivity index is 2.89. The number of thiazole rings is 1. The van der Waals surface area contributed by atoms with Crippen molar-refractivity contribution < 1.29 is 13.2 Å². The Bertz CT molecular complexity index is 240. The van der Waals surface area contributed by atoms with E-state index in [0.29, 0.717) is 22.6 Å². The summed E-state index contributed by atoms with van der Waals surface area (Å²) in [4.78, 5) is 3.76. The van der Waals surface area contributed by atoms with Crippen LogP contribution in [0.3, 0.4) is 0 Å². The normalized spacial score (nSPS) is 12.0. The van der Waals surface area contributed by atoms with Gasteiger partial charge in [0.2, 0.25) is 0 Å². The second kappa shape index (κ2) is 2.81. The van der Waals surface area contributed by atoms with Gasteiger partial charge in [-0.25, -0.2) is 4.98 Å². The van der Waals surface area contributed by atoms with Gasteiger partial charge in [-0.1, -0.05) is 0 Å². The lowest BCUT2D eigenvalue weighted by Gasteiger charge is -1.98. The highest BCUT2D eigenvalue weighted by Gasteiger charge is 2.34. The first-order valence-electron chi connectivity index (χ1n) is 2.85. The molecule has 61 valence electrons. The molecule has 0 saturated carbocycles. The average molecular weight is 180 g/mol. The summed E-state index contributed by atoms with van der Waals surface area (Å²) in [6.07, 6.45) is -2.74. The van der Waals surface area contributed by atoms with Gasteiger partial charge in [0.25, 0.3) is 0 Å². The molecule has 1 rings (SSSR count). The van der Waals surface area contributed by atoms with Crippen molar-refractivity contribution in [2.75, 3.05) is 0 Å². The maximum absolute atomic E-state index is 11.9. The first-order valence-corrected chi connectivity index (χ1v) is 3.67. The van der Waals surface area contributed by atoms with Crippen LogP contribution in [0.4, 0.5) is 13.2 Å². The van der Waals surface area contributed by atoms with Gasteiger partial charge in [-0.15, -0.1) is 11.3 Å². The monoisotopic (exact) mass is 180 g/mol. The van der Waals surface area contributed by atoms with E-state index in [1.165, 1.54) is 6.20 Å². The molecule has 0 amide bonds. The van der Waals surface area contributed by atoms with Crippen LogP contribution in [0.25, 0.3) is 0 Å². The van der Waals surface area contributed by atoms with Gasteiger partial charge in [0, 0.05) is 11.1 Å². The van der Waals surface area contributed by atoms with Crippen molar-refractivity contribution in [2.45, 2.75) is 12.6 Å².